The SMILES string of the molecule is CSc1c([C@H]2[C@H](C(=O)Nc3ccc([C@H](O)CN)nc3)O[C@@](C)(C(F)(F)F)[C@H]2C)ccc(F)c1F. The lowest BCUT2D eigenvalue weighted by atomic mass is 9.77. The molecular formula is C22H24F5N3O3S. The summed E-state index contributed by atoms with van der Waals surface area (Å²) in [6.07, 6.45) is -4.83. The molecule has 12 heteroatoms. The summed E-state index contributed by atoms with van der Waals surface area (Å²) < 4.78 is 75.6. The Hall–Kier alpha value is -2.28. The molecule has 6 nitrogen and oxygen atoms in total. The average molecular weight is 506 g/mol. The van der Waals surface area contributed by atoms with Gasteiger partial charge in [-0.05, 0) is 36.9 Å². The van der Waals surface area contributed by atoms with Crippen molar-refractivity contribution >= 4 is 23.4 Å². The molecule has 3 rings (SSSR count). The van der Waals surface area contributed by atoms with E-state index in [9.17, 15) is 31.9 Å². The van der Waals surface area contributed by atoms with Crippen LogP contribution >= 0.6 is 11.8 Å². The summed E-state index contributed by atoms with van der Waals surface area (Å²) >= 11 is 0.829. The first-order valence-electron chi connectivity index (χ1n) is 10.3. The third-order valence-electron chi connectivity index (χ3n) is 6.19. The number of nitrogens with zero attached hydrogens (tertiary/aromatic N) is 1. The van der Waals surface area contributed by atoms with Gasteiger partial charge in [0, 0.05) is 23.3 Å². The van der Waals surface area contributed by atoms with Crippen LogP contribution in [0.3, 0.4) is 0 Å². The van der Waals surface area contributed by atoms with Crippen molar-refractivity contribution < 1.29 is 36.6 Å². The molecule has 186 valence electrons. The summed E-state index contributed by atoms with van der Waals surface area (Å²) in [5.41, 5.74) is 3.10. The molecule has 1 aliphatic heterocycles. The topological polar surface area (TPSA) is 97.5 Å². The van der Waals surface area contributed by atoms with Crippen molar-refractivity contribution in [1.29, 1.82) is 0 Å². The van der Waals surface area contributed by atoms with Gasteiger partial charge in [0.25, 0.3) is 5.91 Å². The zero-order valence-electron chi connectivity index (χ0n) is 18.5. The van der Waals surface area contributed by atoms with Gasteiger partial charge in [-0.1, -0.05) is 13.0 Å². The number of halogens is 5. The fourth-order valence-corrected chi connectivity index (χ4v) is 4.77. The Morgan fingerprint density at radius 2 is 2.00 bits per heavy atom. The minimum Gasteiger partial charge on any atom is -0.385 e. The number of nitrogens with one attached hydrogen (secondary N) is 1. The quantitative estimate of drug-likeness (QED) is 0.403. The number of carbonyl (C=O) groups is 1. The number of alkyl halides is 3. The number of pyridine rings is 1. The molecule has 0 aliphatic carbocycles. The molecule has 34 heavy (non-hydrogen) atoms. The number of aliphatic hydroxyl groups excluding tert-OH is 1. The number of nitrogens with two attached hydrogens (primary N) is 1. The molecular weight excluding hydrogens is 481 g/mol. The Labute approximate surface area is 197 Å². The summed E-state index contributed by atoms with van der Waals surface area (Å²) in [6.45, 7) is 2.03. The van der Waals surface area contributed by atoms with Gasteiger partial charge in [-0.15, -0.1) is 11.8 Å². The Balaban J connectivity index is 2.01. The minimum atomic E-state index is -4.83. The third-order valence-corrected chi connectivity index (χ3v) is 7.01. The monoisotopic (exact) mass is 505 g/mol. The van der Waals surface area contributed by atoms with Crippen LogP contribution in [0.1, 0.15) is 37.1 Å². The van der Waals surface area contributed by atoms with Crippen molar-refractivity contribution in [2.75, 3.05) is 18.1 Å². The molecule has 1 aliphatic rings. The Kier molecular flexibility index (Phi) is 7.56. The van der Waals surface area contributed by atoms with E-state index in [1.54, 1.807) is 0 Å². The van der Waals surface area contributed by atoms with E-state index in [0.717, 1.165) is 24.8 Å². The molecule has 1 aromatic carbocycles. The van der Waals surface area contributed by atoms with E-state index in [1.807, 2.05) is 0 Å². The number of carbonyl (C=O) groups excluding carboxylic acids is 1. The summed E-state index contributed by atoms with van der Waals surface area (Å²) in [6, 6.07) is 4.81. The normalized spacial score (nSPS) is 25.9. The Bertz CT molecular complexity index is 1050. The van der Waals surface area contributed by atoms with E-state index >= 15 is 0 Å². The number of hydrogen-bond acceptors (Lipinski definition) is 6. The second-order valence-electron chi connectivity index (χ2n) is 8.15. The van der Waals surface area contributed by atoms with Crippen LogP contribution in [-0.2, 0) is 9.53 Å². The van der Waals surface area contributed by atoms with E-state index in [0.29, 0.717) is 0 Å². The molecule has 5 atom stereocenters. The second-order valence-corrected chi connectivity index (χ2v) is 8.97. The molecule has 0 bridgehead atoms. The lowest BCUT2D eigenvalue weighted by Gasteiger charge is -2.32. The summed E-state index contributed by atoms with van der Waals surface area (Å²) in [4.78, 5) is 16.9. The maximum absolute atomic E-state index is 14.5. The predicted octanol–water partition coefficient (Wildman–Crippen LogP) is 4.15. The van der Waals surface area contributed by atoms with Gasteiger partial charge in [0.05, 0.1) is 17.6 Å². The number of anilines is 1. The Morgan fingerprint density at radius 1 is 1.32 bits per heavy atom. The van der Waals surface area contributed by atoms with E-state index in [1.165, 1.54) is 37.6 Å². The van der Waals surface area contributed by atoms with Gasteiger partial charge >= 0.3 is 6.18 Å². The van der Waals surface area contributed by atoms with Crippen molar-refractivity contribution in [1.82, 2.24) is 4.98 Å². The molecule has 2 aromatic rings. The van der Waals surface area contributed by atoms with Crippen LogP contribution in [0.15, 0.2) is 35.4 Å². The smallest absolute Gasteiger partial charge is 0.385 e. The highest BCUT2D eigenvalue weighted by atomic mass is 32.2. The van der Waals surface area contributed by atoms with Crippen molar-refractivity contribution in [2.45, 2.75) is 48.6 Å². The first kappa shape index (κ1) is 26.3. The highest BCUT2D eigenvalue weighted by Crippen LogP contribution is 2.54. The molecule has 4 N–H and O–H groups in total. The van der Waals surface area contributed by atoms with Crippen LogP contribution in [0, 0.1) is 17.6 Å². The predicted molar refractivity (Wildman–Crippen MR) is 116 cm³/mol. The van der Waals surface area contributed by atoms with Gasteiger partial charge < -0.3 is 20.9 Å². The van der Waals surface area contributed by atoms with Crippen LogP contribution in [-0.4, -0.2) is 46.7 Å². The fraction of sp³-hybridized carbons (Fsp3) is 0.455. The van der Waals surface area contributed by atoms with Gasteiger partial charge in [0.15, 0.2) is 17.2 Å². The van der Waals surface area contributed by atoms with Crippen LogP contribution in [0.2, 0.25) is 0 Å². The highest BCUT2D eigenvalue weighted by Gasteiger charge is 2.65. The van der Waals surface area contributed by atoms with Gasteiger partial charge in [0.2, 0.25) is 0 Å². The molecule has 1 aromatic heterocycles. The van der Waals surface area contributed by atoms with E-state index < -0.39 is 53.4 Å². The van der Waals surface area contributed by atoms with Crippen molar-refractivity contribution in [3.05, 3.63) is 53.4 Å². The molecule has 0 radical (unpaired) electrons. The summed E-state index contributed by atoms with van der Waals surface area (Å²) in [7, 11) is 0. The number of aliphatic hydroxyl groups is 1. The zero-order chi connectivity index (χ0) is 25.4. The number of aromatic nitrogens is 1. The number of rotatable bonds is 6. The maximum Gasteiger partial charge on any atom is 0.417 e. The van der Waals surface area contributed by atoms with Crippen LogP contribution in [0.4, 0.5) is 27.6 Å². The maximum atomic E-state index is 14.5. The van der Waals surface area contributed by atoms with Crippen molar-refractivity contribution in [3.8, 4) is 0 Å². The van der Waals surface area contributed by atoms with Crippen molar-refractivity contribution in [3.63, 3.8) is 0 Å². The van der Waals surface area contributed by atoms with E-state index in [4.69, 9.17) is 10.5 Å². The first-order chi connectivity index (χ1) is 15.9. The van der Waals surface area contributed by atoms with Crippen molar-refractivity contribution in [2.24, 2.45) is 11.7 Å². The molecule has 0 unspecified atom stereocenters. The standard InChI is InChI=1S/C22H24F5N3O3S/c1-10-16(12-5-6-13(23)17(24)19(12)34-3)18(33-21(10,2)22(25,26)27)20(32)30-11-4-7-14(29-9-11)15(31)8-28/h4-7,9-10,15-16,18,31H,8,28H2,1-3H3,(H,30,32)/t10-,15+,16-,18+,21+/m0/s1. The molecule has 0 saturated carbocycles. The largest absolute Gasteiger partial charge is 0.417 e. The second kappa shape index (κ2) is 9.76. The van der Waals surface area contributed by atoms with Gasteiger partial charge in [-0.3, -0.25) is 9.78 Å². The van der Waals surface area contributed by atoms with Gasteiger partial charge in [-0.25, -0.2) is 8.78 Å². The fourth-order valence-electron chi connectivity index (χ4n) is 4.05. The molecule has 1 amide bonds. The minimum absolute atomic E-state index is 0.0477. The van der Waals surface area contributed by atoms with Crippen LogP contribution in [0.25, 0.3) is 0 Å². The molecule has 1 fully saturated rings. The van der Waals surface area contributed by atoms with Gasteiger partial charge in [0.1, 0.15) is 12.2 Å². The van der Waals surface area contributed by atoms with Crippen LogP contribution < -0.4 is 11.1 Å². The number of ether oxygens (including phenoxy) is 1. The lowest BCUT2D eigenvalue weighted by Crippen LogP contribution is -2.47. The van der Waals surface area contributed by atoms with E-state index in [2.05, 4.69) is 10.3 Å². The first-order valence-corrected chi connectivity index (χ1v) is 11.5. The number of amides is 1. The average Bonchev–Trinajstić information content (AvgIpc) is 3.07. The molecule has 2 heterocycles. The lowest BCUT2D eigenvalue weighted by molar-refractivity contribution is -0.272. The zero-order valence-corrected chi connectivity index (χ0v) is 19.3. The molecule has 0 spiro atoms. The van der Waals surface area contributed by atoms with Crippen LogP contribution in [0.5, 0.6) is 0 Å². The number of hydrogen-bond donors (Lipinski definition) is 3. The summed E-state index contributed by atoms with van der Waals surface area (Å²) in [5, 5.41) is 12.2. The van der Waals surface area contributed by atoms with E-state index in [-0.39, 0.29) is 28.4 Å². The Morgan fingerprint density at radius 3 is 2.53 bits per heavy atom. The molecule has 1 saturated heterocycles. The highest BCUT2D eigenvalue weighted by molar-refractivity contribution is 7.98. The number of thioether (sulfide) groups is 1. The summed E-state index contributed by atoms with van der Waals surface area (Å²) in [5.74, 6) is -5.79. The number of benzene rings is 1. The third kappa shape index (κ3) is 4.64. The van der Waals surface area contributed by atoms with Gasteiger partial charge in [-0.2, -0.15) is 13.2 Å².